The lowest BCUT2D eigenvalue weighted by Crippen LogP contribution is -2.39. The van der Waals surface area contributed by atoms with Gasteiger partial charge in [0.2, 0.25) is 0 Å². The number of rotatable bonds is 9. The van der Waals surface area contributed by atoms with E-state index in [1.54, 1.807) is 7.11 Å². The minimum absolute atomic E-state index is 0.394. The average molecular weight is 531 g/mol. The van der Waals surface area contributed by atoms with Crippen molar-refractivity contribution in [3.8, 4) is 11.6 Å². The van der Waals surface area contributed by atoms with E-state index in [1.807, 2.05) is 18.5 Å². The topological polar surface area (TPSA) is 75.6 Å². The van der Waals surface area contributed by atoms with Crippen LogP contribution in [0.25, 0.3) is 11.0 Å². The molecule has 3 aliphatic rings. The van der Waals surface area contributed by atoms with Crippen LogP contribution in [0.4, 0.5) is 11.4 Å². The number of hydrogen-bond acceptors (Lipinski definition) is 8. The number of methoxy groups -OCH3 is 1. The van der Waals surface area contributed by atoms with E-state index in [0.29, 0.717) is 24.3 Å². The molecule has 8 heteroatoms. The second kappa shape index (κ2) is 12.4. The first-order valence-corrected chi connectivity index (χ1v) is 15.0. The van der Waals surface area contributed by atoms with E-state index in [0.717, 1.165) is 68.5 Å². The number of hydrogen-bond donors (Lipinski definition) is 1. The number of aryl methyl sites for hydroxylation is 1. The molecule has 2 fully saturated rings. The summed E-state index contributed by atoms with van der Waals surface area (Å²) in [6, 6.07) is 6.62. The van der Waals surface area contributed by atoms with Gasteiger partial charge in [-0.15, -0.1) is 0 Å². The van der Waals surface area contributed by atoms with Crippen LogP contribution in [0, 0.1) is 0 Å². The number of aromatic nitrogens is 3. The monoisotopic (exact) mass is 530 g/mol. The molecule has 5 heterocycles. The second-order valence-electron chi connectivity index (χ2n) is 11.2. The van der Waals surface area contributed by atoms with E-state index in [2.05, 4.69) is 32.2 Å². The number of fused-ring (bicyclic) bond motifs is 2. The Balaban J connectivity index is 1.23. The molecule has 0 radical (unpaired) electrons. The molecule has 1 N–H and O–H groups in total. The minimum Gasteiger partial charge on any atom is -0.488 e. The summed E-state index contributed by atoms with van der Waals surface area (Å²) in [4.78, 5) is 19.4. The van der Waals surface area contributed by atoms with Gasteiger partial charge in [0.15, 0.2) is 5.75 Å². The van der Waals surface area contributed by atoms with Gasteiger partial charge in [-0.25, -0.2) is 4.98 Å². The van der Waals surface area contributed by atoms with Crippen molar-refractivity contribution in [2.45, 2.75) is 70.3 Å². The lowest BCUT2D eigenvalue weighted by atomic mass is 10.00. The van der Waals surface area contributed by atoms with E-state index in [4.69, 9.17) is 19.4 Å². The van der Waals surface area contributed by atoms with Crippen LogP contribution in [0.1, 0.15) is 62.6 Å². The van der Waals surface area contributed by atoms with Gasteiger partial charge in [0.05, 0.1) is 36.8 Å². The van der Waals surface area contributed by atoms with Gasteiger partial charge in [-0.05, 0) is 88.6 Å². The molecule has 0 spiro atoms. The Morgan fingerprint density at radius 1 is 1.00 bits per heavy atom. The summed E-state index contributed by atoms with van der Waals surface area (Å²) in [5, 5.41) is 3.96. The van der Waals surface area contributed by atoms with Gasteiger partial charge >= 0.3 is 0 Å². The lowest BCUT2D eigenvalue weighted by molar-refractivity contribution is 0.252. The van der Waals surface area contributed by atoms with E-state index in [9.17, 15) is 0 Å². The normalized spacial score (nSPS) is 18.6. The summed E-state index contributed by atoms with van der Waals surface area (Å²) >= 11 is 0. The van der Waals surface area contributed by atoms with E-state index < -0.39 is 0 Å². The van der Waals surface area contributed by atoms with Crippen LogP contribution in [0.2, 0.25) is 0 Å². The van der Waals surface area contributed by atoms with Crippen LogP contribution in [0.5, 0.6) is 11.6 Å². The molecule has 8 nitrogen and oxygen atoms in total. The molecular weight excluding hydrogens is 488 g/mol. The highest BCUT2D eigenvalue weighted by atomic mass is 16.5. The molecule has 0 aromatic carbocycles. The smallest absolute Gasteiger partial charge is 0.257 e. The van der Waals surface area contributed by atoms with Crippen LogP contribution in [-0.2, 0) is 12.8 Å². The molecule has 0 atom stereocenters. The molecule has 2 saturated heterocycles. The Morgan fingerprint density at radius 2 is 1.85 bits per heavy atom. The van der Waals surface area contributed by atoms with Crippen molar-refractivity contribution in [2.24, 2.45) is 0 Å². The standard InChI is InChI=1S/C31H42N6O2/c1-38-31-28(39-20-8-17-36-15-5-6-16-36)21-27-30(35-31)29(25-10-3-2-4-11-26(25)34-27)33-23-12-18-37(19-13-23)24-9-7-14-32-22-24/h7,9,14,21-23H,2-6,8,10-13,15-20H2,1H3,(H,33,34). The predicted octanol–water partition coefficient (Wildman–Crippen LogP) is 5.25. The van der Waals surface area contributed by atoms with Crippen molar-refractivity contribution in [1.82, 2.24) is 19.9 Å². The predicted molar refractivity (Wildman–Crippen MR) is 156 cm³/mol. The quantitative estimate of drug-likeness (QED) is 0.297. The molecule has 0 saturated carbocycles. The summed E-state index contributed by atoms with van der Waals surface area (Å²) in [7, 11) is 1.68. The molecule has 0 amide bonds. The Labute approximate surface area is 232 Å². The molecule has 0 unspecified atom stereocenters. The van der Waals surface area contributed by atoms with Crippen molar-refractivity contribution >= 4 is 22.4 Å². The second-order valence-corrected chi connectivity index (χ2v) is 11.2. The fourth-order valence-corrected chi connectivity index (χ4v) is 6.39. The van der Waals surface area contributed by atoms with Crippen LogP contribution < -0.4 is 19.7 Å². The van der Waals surface area contributed by atoms with Crippen LogP contribution in [0.3, 0.4) is 0 Å². The third-order valence-electron chi connectivity index (χ3n) is 8.54. The van der Waals surface area contributed by atoms with Crippen LogP contribution in [0.15, 0.2) is 30.6 Å². The zero-order chi connectivity index (χ0) is 26.4. The zero-order valence-electron chi connectivity index (χ0n) is 23.3. The molecule has 208 valence electrons. The average Bonchev–Trinajstić information content (AvgIpc) is 3.39. The Bertz CT molecular complexity index is 1240. The number of nitrogens with one attached hydrogen (secondary N) is 1. The number of piperidine rings is 1. The Morgan fingerprint density at radius 3 is 2.64 bits per heavy atom. The number of anilines is 2. The van der Waals surface area contributed by atoms with Crippen molar-refractivity contribution in [2.75, 3.05) is 56.7 Å². The molecule has 0 bridgehead atoms. The largest absolute Gasteiger partial charge is 0.488 e. The Kier molecular flexibility index (Phi) is 8.28. The number of nitrogens with zero attached hydrogens (tertiary/aromatic N) is 5. The van der Waals surface area contributed by atoms with Gasteiger partial charge in [-0.2, -0.15) is 0 Å². The van der Waals surface area contributed by atoms with Gasteiger partial charge in [0, 0.05) is 43.6 Å². The fraction of sp³-hybridized carbons (Fsp3) is 0.581. The molecule has 2 aliphatic heterocycles. The van der Waals surface area contributed by atoms with Crippen molar-refractivity contribution in [3.63, 3.8) is 0 Å². The molecule has 6 rings (SSSR count). The molecule has 3 aromatic rings. The van der Waals surface area contributed by atoms with E-state index >= 15 is 0 Å². The molecule has 39 heavy (non-hydrogen) atoms. The first-order chi connectivity index (χ1) is 19.3. The highest BCUT2D eigenvalue weighted by Gasteiger charge is 2.25. The number of likely N-dealkylation sites (tertiary alicyclic amines) is 1. The molecule has 1 aliphatic carbocycles. The number of pyridine rings is 3. The SMILES string of the molecule is COc1nc2c(NC3CCN(c4cccnc4)CC3)c3c(nc2cc1OCCCN1CCCC1)CCCCC3. The van der Waals surface area contributed by atoms with Gasteiger partial charge in [0.1, 0.15) is 5.52 Å². The maximum atomic E-state index is 6.22. The van der Waals surface area contributed by atoms with Gasteiger partial charge in [-0.3, -0.25) is 9.97 Å². The maximum Gasteiger partial charge on any atom is 0.257 e. The van der Waals surface area contributed by atoms with E-state index in [-0.39, 0.29) is 0 Å². The van der Waals surface area contributed by atoms with Crippen molar-refractivity contribution in [3.05, 3.63) is 41.9 Å². The van der Waals surface area contributed by atoms with Gasteiger partial charge in [-0.1, -0.05) is 6.42 Å². The summed E-state index contributed by atoms with van der Waals surface area (Å²) < 4.78 is 12.0. The molecular formula is C31H42N6O2. The third kappa shape index (κ3) is 6.06. The lowest BCUT2D eigenvalue weighted by Gasteiger charge is -2.34. The fourth-order valence-electron chi connectivity index (χ4n) is 6.39. The maximum absolute atomic E-state index is 6.22. The minimum atomic E-state index is 0.394. The first-order valence-electron chi connectivity index (χ1n) is 15.0. The highest BCUT2D eigenvalue weighted by Crippen LogP contribution is 2.37. The zero-order valence-corrected chi connectivity index (χ0v) is 23.3. The van der Waals surface area contributed by atoms with Crippen molar-refractivity contribution < 1.29 is 9.47 Å². The Hall–Kier alpha value is -3.13. The van der Waals surface area contributed by atoms with Crippen LogP contribution in [-0.4, -0.2) is 72.3 Å². The summed E-state index contributed by atoms with van der Waals surface area (Å²) in [5.74, 6) is 1.25. The molecule has 3 aromatic heterocycles. The summed E-state index contributed by atoms with van der Waals surface area (Å²) in [5.41, 5.74) is 6.76. The van der Waals surface area contributed by atoms with Crippen LogP contribution >= 0.6 is 0 Å². The summed E-state index contributed by atoms with van der Waals surface area (Å²) in [6.07, 6.45) is 15.3. The van der Waals surface area contributed by atoms with Crippen molar-refractivity contribution in [1.29, 1.82) is 0 Å². The highest BCUT2D eigenvalue weighted by molar-refractivity contribution is 5.91. The third-order valence-corrected chi connectivity index (χ3v) is 8.54. The van der Waals surface area contributed by atoms with E-state index in [1.165, 1.54) is 62.1 Å². The summed E-state index contributed by atoms with van der Waals surface area (Å²) in [6.45, 7) is 6.21. The van der Waals surface area contributed by atoms with Gasteiger partial charge < -0.3 is 24.6 Å². The number of ether oxygens (including phenoxy) is 2. The first kappa shape index (κ1) is 26.1. The van der Waals surface area contributed by atoms with Gasteiger partial charge in [0.25, 0.3) is 5.88 Å².